The zero-order chi connectivity index (χ0) is 19.9. The number of halogens is 2. The van der Waals surface area contributed by atoms with Gasteiger partial charge in [0, 0.05) is 15.7 Å². The van der Waals surface area contributed by atoms with Crippen LogP contribution in [0.4, 0.5) is 10.5 Å². The smallest absolute Gasteiger partial charge is 0.411 e. The summed E-state index contributed by atoms with van der Waals surface area (Å²) in [6.07, 6.45) is 13.7. The van der Waals surface area contributed by atoms with Crippen molar-refractivity contribution in [3.05, 3.63) is 28.2 Å². The van der Waals surface area contributed by atoms with E-state index in [2.05, 4.69) is 19.2 Å². The van der Waals surface area contributed by atoms with Crippen molar-refractivity contribution >= 4 is 35.0 Å². The topological polar surface area (TPSA) is 38.3 Å². The van der Waals surface area contributed by atoms with Crippen LogP contribution in [-0.4, -0.2) is 12.2 Å². The number of rotatable bonds is 14. The van der Waals surface area contributed by atoms with Gasteiger partial charge < -0.3 is 4.74 Å². The molecule has 0 aliphatic carbocycles. The summed E-state index contributed by atoms with van der Waals surface area (Å²) in [5, 5.41) is 3.71. The Hall–Kier alpha value is -0.930. The van der Waals surface area contributed by atoms with E-state index in [0.717, 1.165) is 32.1 Å². The third-order valence-electron chi connectivity index (χ3n) is 4.64. The molecule has 0 saturated carbocycles. The first-order valence-electron chi connectivity index (χ1n) is 10.5. The molecule has 0 aliphatic heterocycles. The summed E-state index contributed by atoms with van der Waals surface area (Å²) < 4.78 is 5.69. The van der Waals surface area contributed by atoms with Gasteiger partial charge in [-0.15, -0.1) is 0 Å². The van der Waals surface area contributed by atoms with E-state index in [1.807, 2.05) is 0 Å². The average Bonchev–Trinajstić information content (AvgIpc) is 2.60. The van der Waals surface area contributed by atoms with Gasteiger partial charge in [0.1, 0.15) is 6.10 Å². The second-order valence-corrected chi connectivity index (χ2v) is 8.09. The molecule has 1 aromatic carbocycles. The van der Waals surface area contributed by atoms with Crippen molar-refractivity contribution in [1.29, 1.82) is 0 Å². The van der Waals surface area contributed by atoms with Gasteiger partial charge in [0.15, 0.2) is 0 Å². The molecule has 154 valence electrons. The molecule has 1 rings (SSSR count). The normalized spacial score (nSPS) is 12.0. The number of unbranched alkanes of at least 4 members (excludes halogenated alkanes) is 8. The Morgan fingerprint density at radius 2 is 1.33 bits per heavy atom. The lowest BCUT2D eigenvalue weighted by Crippen LogP contribution is -2.22. The van der Waals surface area contributed by atoms with Crippen molar-refractivity contribution in [2.75, 3.05) is 5.32 Å². The van der Waals surface area contributed by atoms with Crippen molar-refractivity contribution in [2.24, 2.45) is 0 Å². The molecule has 1 aromatic rings. The summed E-state index contributed by atoms with van der Waals surface area (Å²) in [6.45, 7) is 4.42. The molecule has 0 aliphatic rings. The summed E-state index contributed by atoms with van der Waals surface area (Å²) in [5.74, 6) is 0. The van der Waals surface area contributed by atoms with Gasteiger partial charge in [-0.2, -0.15) is 0 Å². The van der Waals surface area contributed by atoms with Crippen LogP contribution in [-0.2, 0) is 4.74 Å². The van der Waals surface area contributed by atoms with E-state index in [1.165, 1.54) is 44.9 Å². The largest absolute Gasteiger partial charge is 0.446 e. The van der Waals surface area contributed by atoms with Crippen molar-refractivity contribution in [3.8, 4) is 0 Å². The Kier molecular flexibility index (Phi) is 13.4. The van der Waals surface area contributed by atoms with E-state index in [0.29, 0.717) is 15.7 Å². The molecular weight excluding hydrogens is 381 g/mol. The molecular formula is C22H35Cl2NO2. The van der Waals surface area contributed by atoms with Gasteiger partial charge in [-0.05, 0) is 43.9 Å². The number of carbonyl (C=O) groups is 1. The highest BCUT2D eigenvalue weighted by atomic mass is 35.5. The van der Waals surface area contributed by atoms with Crippen LogP contribution < -0.4 is 5.32 Å². The molecule has 0 radical (unpaired) electrons. The average molecular weight is 416 g/mol. The van der Waals surface area contributed by atoms with Crippen LogP contribution in [0.5, 0.6) is 0 Å². The molecule has 1 N–H and O–H groups in total. The molecule has 0 spiro atoms. The van der Waals surface area contributed by atoms with Crippen molar-refractivity contribution in [1.82, 2.24) is 0 Å². The van der Waals surface area contributed by atoms with Crippen molar-refractivity contribution < 1.29 is 9.53 Å². The maximum Gasteiger partial charge on any atom is 0.411 e. The van der Waals surface area contributed by atoms with E-state index in [9.17, 15) is 4.79 Å². The number of carbonyl (C=O) groups excluding carboxylic acids is 1. The van der Waals surface area contributed by atoms with Crippen LogP contribution in [0.2, 0.25) is 10.0 Å². The highest BCUT2D eigenvalue weighted by molar-refractivity contribution is 6.35. The first kappa shape index (κ1) is 24.1. The van der Waals surface area contributed by atoms with Gasteiger partial charge in [-0.1, -0.05) is 88.4 Å². The zero-order valence-corrected chi connectivity index (χ0v) is 18.4. The van der Waals surface area contributed by atoms with E-state index in [4.69, 9.17) is 27.9 Å². The molecule has 1 unspecified atom stereocenters. The van der Waals surface area contributed by atoms with Gasteiger partial charge in [0.25, 0.3) is 0 Å². The molecule has 1 amide bonds. The predicted octanol–water partition coefficient (Wildman–Crippen LogP) is 8.63. The molecule has 1 atom stereocenters. The minimum atomic E-state index is -0.433. The fourth-order valence-corrected chi connectivity index (χ4v) is 3.66. The number of nitrogens with one attached hydrogen (secondary N) is 1. The number of anilines is 1. The third-order valence-corrected chi connectivity index (χ3v) is 5.08. The molecule has 0 heterocycles. The van der Waals surface area contributed by atoms with Crippen LogP contribution in [0.25, 0.3) is 0 Å². The fraction of sp³-hybridized carbons (Fsp3) is 0.682. The summed E-state index contributed by atoms with van der Waals surface area (Å²) in [6, 6.07) is 4.96. The monoisotopic (exact) mass is 415 g/mol. The Labute approximate surface area is 175 Å². The van der Waals surface area contributed by atoms with E-state index in [1.54, 1.807) is 18.2 Å². The van der Waals surface area contributed by atoms with E-state index < -0.39 is 6.09 Å². The molecule has 0 saturated heterocycles. The number of ether oxygens (including phenoxy) is 1. The maximum absolute atomic E-state index is 12.3. The molecule has 5 heteroatoms. The van der Waals surface area contributed by atoms with Gasteiger partial charge in [-0.3, -0.25) is 5.32 Å². The van der Waals surface area contributed by atoms with Crippen LogP contribution in [0.1, 0.15) is 90.9 Å². The molecule has 3 nitrogen and oxygen atoms in total. The van der Waals surface area contributed by atoms with Gasteiger partial charge in [0.2, 0.25) is 0 Å². The molecule has 27 heavy (non-hydrogen) atoms. The zero-order valence-electron chi connectivity index (χ0n) is 16.9. The lowest BCUT2D eigenvalue weighted by atomic mass is 10.0. The fourth-order valence-electron chi connectivity index (χ4n) is 3.14. The number of hydrogen-bond donors (Lipinski definition) is 1. The van der Waals surface area contributed by atoms with Crippen LogP contribution >= 0.6 is 23.2 Å². The summed E-state index contributed by atoms with van der Waals surface area (Å²) in [4.78, 5) is 12.3. The second kappa shape index (κ2) is 15.0. The number of amides is 1. The molecule has 0 fully saturated rings. The lowest BCUT2D eigenvalue weighted by Gasteiger charge is -2.18. The van der Waals surface area contributed by atoms with Gasteiger partial charge >= 0.3 is 6.09 Å². The molecule has 0 bridgehead atoms. The first-order valence-corrected chi connectivity index (χ1v) is 11.2. The van der Waals surface area contributed by atoms with Gasteiger partial charge in [-0.25, -0.2) is 4.79 Å². The Balaban J connectivity index is 2.41. The Bertz CT molecular complexity index is 517. The highest BCUT2D eigenvalue weighted by Crippen LogP contribution is 2.23. The highest BCUT2D eigenvalue weighted by Gasteiger charge is 2.14. The minimum absolute atomic E-state index is 0.0261. The van der Waals surface area contributed by atoms with E-state index >= 15 is 0 Å². The predicted molar refractivity (Wildman–Crippen MR) is 117 cm³/mol. The summed E-state index contributed by atoms with van der Waals surface area (Å²) in [5.41, 5.74) is 0.556. The van der Waals surface area contributed by atoms with Crippen LogP contribution in [0.15, 0.2) is 18.2 Å². The van der Waals surface area contributed by atoms with Crippen LogP contribution in [0.3, 0.4) is 0 Å². The van der Waals surface area contributed by atoms with Gasteiger partial charge in [0.05, 0.1) is 0 Å². The third kappa shape index (κ3) is 12.2. The number of hydrogen-bond acceptors (Lipinski definition) is 2. The molecule has 0 aromatic heterocycles. The van der Waals surface area contributed by atoms with E-state index in [-0.39, 0.29) is 6.10 Å². The van der Waals surface area contributed by atoms with Crippen molar-refractivity contribution in [2.45, 2.75) is 97.0 Å². The van der Waals surface area contributed by atoms with Crippen LogP contribution in [0, 0.1) is 0 Å². The standard InChI is InChI=1S/C22H35Cl2NO2/c1-3-5-7-8-9-10-12-14-21(13-11-6-4-2)27-22(26)25-20-16-18(23)15-19(24)17-20/h15-17,21H,3-14H2,1-2H3,(H,25,26). The lowest BCUT2D eigenvalue weighted by molar-refractivity contribution is 0.0961. The SMILES string of the molecule is CCCCCCCCCC(CCCCC)OC(=O)Nc1cc(Cl)cc(Cl)c1. The number of benzene rings is 1. The maximum atomic E-state index is 12.3. The minimum Gasteiger partial charge on any atom is -0.446 e. The Morgan fingerprint density at radius 3 is 1.93 bits per heavy atom. The van der Waals surface area contributed by atoms with Crippen molar-refractivity contribution in [3.63, 3.8) is 0 Å². The first-order chi connectivity index (χ1) is 13.0. The summed E-state index contributed by atoms with van der Waals surface area (Å²) >= 11 is 12.0. The second-order valence-electron chi connectivity index (χ2n) is 7.22. The summed E-state index contributed by atoms with van der Waals surface area (Å²) in [7, 11) is 0. The Morgan fingerprint density at radius 1 is 0.852 bits per heavy atom. The quantitative estimate of drug-likeness (QED) is 0.308.